The molecule has 2 unspecified atom stereocenters. The summed E-state index contributed by atoms with van der Waals surface area (Å²) in [6.45, 7) is 1.01. The van der Waals surface area contributed by atoms with Crippen molar-refractivity contribution >= 4 is 11.7 Å². The standard InChI is InChI=1S/C16H25N3O2/c17-13-2-1-3-19(13)14(20)9-18-15-5-11-4-12(6-15)8-16(21,7-11)10-15/h11-12,17-18,21H,1-10H2. The fraction of sp³-hybridized carbons (Fsp3) is 0.875. The quantitative estimate of drug-likeness (QED) is 0.732. The van der Waals surface area contributed by atoms with Gasteiger partial charge < -0.3 is 10.4 Å². The normalized spacial score (nSPS) is 44.6. The van der Waals surface area contributed by atoms with E-state index in [4.69, 9.17) is 5.41 Å². The molecule has 5 heteroatoms. The van der Waals surface area contributed by atoms with Crippen molar-refractivity contribution in [1.29, 1.82) is 5.41 Å². The molecule has 2 atom stereocenters. The number of carbonyl (C=O) groups is 1. The topological polar surface area (TPSA) is 76.4 Å². The fourth-order valence-corrected chi connectivity index (χ4v) is 5.73. The van der Waals surface area contributed by atoms with Gasteiger partial charge in [-0.1, -0.05) is 0 Å². The molecule has 0 spiro atoms. The van der Waals surface area contributed by atoms with Crippen LogP contribution in [0.3, 0.4) is 0 Å². The number of carbonyl (C=O) groups excluding carboxylic acids is 1. The third kappa shape index (κ3) is 2.30. The number of rotatable bonds is 3. The first-order valence-electron chi connectivity index (χ1n) is 8.32. The summed E-state index contributed by atoms with van der Waals surface area (Å²) in [7, 11) is 0. The van der Waals surface area contributed by atoms with Gasteiger partial charge in [0.2, 0.25) is 5.91 Å². The van der Waals surface area contributed by atoms with Crippen LogP contribution in [0.2, 0.25) is 0 Å². The SMILES string of the molecule is N=C1CCCN1C(=O)CNC12CC3CC(CC(O)(C3)C1)C2. The molecule has 5 fully saturated rings. The molecule has 0 radical (unpaired) electrons. The van der Waals surface area contributed by atoms with Gasteiger partial charge in [0.05, 0.1) is 12.1 Å². The van der Waals surface area contributed by atoms with E-state index < -0.39 is 5.60 Å². The van der Waals surface area contributed by atoms with Crippen LogP contribution in [0.25, 0.3) is 0 Å². The molecule has 0 aromatic rings. The molecule has 0 aromatic carbocycles. The maximum absolute atomic E-state index is 12.3. The molecule has 21 heavy (non-hydrogen) atoms. The van der Waals surface area contributed by atoms with Crippen LogP contribution < -0.4 is 5.32 Å². The van der Waals surface area contributed by atoms with Gasteiger partial charge in [-0.25, -0.2) is 0 Å². The van der Waals surface area contributed by atoms with E-state index in [9.17, 15) is 9.90 Å². The zero-order chi connectivity index (χ0) is 14.7. The molecule has 5 nitrogen and oxygen atoms in total. The highest BCUT2D eigenvalue weighted by molar-refractivity contribution is 5.98. The lowest BCUT2D eigenvalue weighted by Crippen LogP contribution is -2.65. The molecule has 5 aliphatic rings. The molecule has 4 bridgehead atoms. The van der Waals surface area contributed by atoms with Crippen LogP contribution in [0, 0.1) is 17.2 Å². The predicted octanol–water partition coefficient (Wildman–Crippen LogP) is 1.26. The predicted molar refractivity (Wildman–Crippen MR) is 79.0 cm³/mol. The molecule has 3 N–H and O–H groups in total. The van der Waals surface area contributed by atoms with Gasteiger partial charge in [-0.2, -0.15) is 0 Å². The molecular weight excluding hydrogens is 266 g/mol. The molecule has 5 rings (SSSR count). The van der Waals surface area contributed by atoms with E-state index >= 15 is 0 Å². The molecule has 4 aliphatic carbocycles. The summed E-state index contributed by atoms with van der Waals surface area (Å²) in [5.41, 5.74) is -0.517. The monoisotopic (exact) mass is 291 g/mol. The lowest BCUT2D eigenvalue weighted by molar-refractivity contribution is -0.146. The second-order valence-corrected chi connectivity index (χ2v) is 7.91. The van der Waals surface area contributed by atoms with Gasteiger partial charge in [-0.3, -0.25) is 15.1 Å². The Morgan fingerprint density at radius 2 is 2.05 bits per heavy atom. The Morgan fingerprint density at radius 3 is 2.62 bits per heavy atom. The van der Waals surface area contributed by atoms with Crippen LogP contribution in [0.1, 0.15) is 51.4 Å². The molecule has 1 aliphatic heterocycles. The summed E-state index contributed by atoms with van der Waals surface area (Å²) < 4.78 is 0. The Morgan fingerprint density at radius 1 is 1.33 bits per heavy atom. The largest absolute Gasteiger partial charge is 0.390 e. The van der Waals surface area contributed by atoms with Crippen LogP contribution in [0.4, 0.5) is 0 Å². The summed E-state index contributed by atoms with van der Waals surface area (Å²) >= 11 is 0. The molecule has 1 heterocycles. The number of hydrogen-bond donors (Lipinski definition) is 3. The summed E-state index contributed by atoms with van der Waals surface area (Å²) in [6.07, 6.45) is 7.83. The summed E-state index contributed by atoms with van der Waals surface area (Å²) in [5.74, 6) is 1.75. The van der Waals surface area contributed by atoms with Crippen LogP contribution >= 0.6 is 0 Å². The van der Waals surface area contributed by atoms with Gasteiger partial charge >= 0.3 is 0 Å². The molecule has 1 saturated heterocycles. The fourth-order valence-electron chi connectivity index (χ4n) is 5.73. The Labute approximate surface area is 125 Å². The van der Waals surface area contributed by atoms with Crippen molar-refractivity contribution in [2.24, 2.45) is 11.8 Å². The highest BCUT2D eigenvalue weighted by Gasteiger charge is 2.57. The minimum Gasteiger partial charge on any atom is -0.390 e. The third-order valence-corrected chi connectivity index (χ3v) is 6.07. The minimum absolute atomic E-state index is 0.0280. The maximum Gasteiger partial charge on any atom is 0.241 e. The zero-order valence-electron chi connectivity index (χ0n) is 12.5. The molecule has 1 amide bonds. The van der Waals surface area contributed by atoms with Crippen molar-refractivity contribution in [3.63, 3.8) is 0 Å². The van der Waals surface area contributed by atoms with E-state index in [1.165, 1.54) is 6.42 Å². The minimum atomic E-state index is -0.486. The average molecular weight is 291 g/mol. The summed E-state index contributed by atoms with van der Waals surface area (Å²) in [6, 6.07) is 0. The van der Waals surface area contributed by atoms with Crippen molar-refractivity contribution in [3.8, 4) is 0 Å². The van der Waals surface area contributed by atoms with Crippen LogP contribution in [0.15, 0.2) is 0 Å². The molecular formula is C16H25N3O2. The van der Waals surface area contributed by atoms with Crippen LogP contribution in [-0.4, -0.2) is 46.0 Å². The molecule has 116 valence electrons. The van der Waals surface area contributed by atoms with Gasteiger partial charge in [-0.15, -0.1) is 0 Å². The second kappa shape index (κ2) is 4.53. The van der Waals surface area contributed by atoms with E-state index in [1.54, 1.807) is 4.90 Å². The average Bonchev–Trinajstić information content (AvgIpc) is 2.79. The van der Waals surface area contributed by atoms with E-state index in [0.717, 1.165) is 44.9 Å². The number of hydrogen-bond acceptors (Lipinski definition) is 4. The van der Waals surface area contributed by atoms with Crippen molar-refractivity contribution < 1.29 is 9.90 Å². The van der Waals surface area contributed by atoms with E-state index in [-0.39, 0.29) is 11.4 Å². The number of aliphatic hydroxyl groups is 1. The van der Waals surface area contributed by atoms with Gasteiger partial charge in [0, 0.05) is 18.5 Å². The Balaban J connectivity index is 1.43. The van der Waals surface area contributed by atoms with Crippen LogP contribution in [0.5, 0.6) is 0 Å². The second-order valence-electron chi connectivity index (χ2n) is 7.91. The molecule has 0 aromatic heterocycles. The number of amidine groups is 1. The lowest BCUT2D eigenvalue weighted by atomic mass is 9.51. The Kier molecular flexibility index (Phi) is 2.95. The zero-order valence-corrected chi connectivity index (χ0v) is 12.5. The Bertz CT molecular complexity index is 476. The first-order chi connectivity index (χ1) is 9.97. The van der Waals surface area contributed by atoms with E-state index in [1.807, 2.05) is 0 Å². The number of nitrogens with one attached hydrogen (secondary N) is 2. The van der Waals surface area contributed by atoms with Gasteiger partial charge in [-0.05, 0) is 56.8 Å². The van der Waals surface area contributed by atoms with Crippen molar-refractivity contribution in [2.45, 2.75) is 62.5 Å². The van der Waals surface area contributed by atoms with Gasteiger partial charge in [0.25, 0.3) is 0 Å². The van der Waals surface area contributed by atoms with E-state index in [0.29, 0.717) is 30.8 Å². The Hall–Kier alpha value is -0.940. The van der Waals surface area contributed by atoms with Crippen molar-refractivity contribution in [1.82, 2.24) is 10.2 Å². The number of likely N-dealkylation sites (tertiary alicyclic amines) is 1. The van der Waals surface area contributed by atoms with Crippen molar-refractivity contribution in [2.75, 3.05) is 13.1 Å². The molecule has 4 saturated carbocycles. The highest BCUT2D eigenvalue weighted by Crippen LogP contribution is 2.57. The maximum atomic E-state index is 12.3. The van der Waals surface area contributed by atoms with Gasteiger partial charge in [0.1, 0.15) is 5.84 Å². The summed E-state index contributed by atoms with van der Waals surface area (Å²) in [5, 5.41) is 22.0. The third-order valence-electron chi connectivity index (χ3n) is 6.07. The number of nitrogens with zero attached hydrogens (tertiary/aromatic N) is 1. The van der Waals surface area contributed by atoms with E-state index in [2.05, 4.69) is 5.32 Å². The van der Waals surface area contributed by atoms with Gasteiger partial charge in [0.15, 0.2) is 0 Å². The van der Waals surface area contributed by atoms with Crippen LogP contribution in [-0.2, 0) is 4.79 Å². The first-order valence-corrected chi connectivity index (χ1v) is 8.32. The highest BCUT2D eigenvalue weighted by atomic mass is 16.3. The summed E-state index contributed by atoms with van der Waals surface area (Å²) in [4.78, 5) is 13.9. The lowest BCUT2D eigenvalue weighted by Gasteiger charge is -2.60. The van der Waals surface area contributed by atoms with Crippen molar-refractivity contribution in [3.05, 3.63) is 0 Å². The first kappa shape index (κ1) is 13.7. The smallest absolute Gasteiger partial charge is 0.241 e. The number of amides is 1.